The van der Waals surface area contributed by atoms with E-state index < -0.39 is 0 Å². The molecular formula is C23H28ClN7O2. The number of anilines is 3. The summed E-state index contributed by atoms with van der Waals surface area (Å²) in [6.07, 6.45) is 7.58. The molecule has 1 aliphatic heterocycles. The minimum absolute atomic E-state index is 0.163. The number of nitrogens with one attached hydrogen (secondary N) is 2. The van der Waals surface area contributed by atoms with E-state index in [9.17, 15) is 4.79 Å². The fourth-order valence-corrected chi connectivity index (χ4v) is 4.20. The second kappa shape index (κ2) is 11.2. The van der Waals surface area contributed by atoms with Gasteiger partial charge in [-0.25, -0.2) is 19.9 Å². The molecule has 0 unspecified atom stereocenters. The van der Waals surface area contributed by atoms with Crippen LogP contribution in [0.4, 0.5) is 17.5 Å². The second-order valence-electron chi connectivity index (χ2n) is 8.15. The van der Waals surface area contributed by atoms with Gasteiger partial charge >= 0.3 is 5.97 Å². The van der Waals surface area contributed by atoms with Crippen LogP contribution >= 0.6 is 11.6 Å². The molecule has 0 atom stereocenters. The Balaban J connectivity index is 1.28. The summed E-state index contributed by atoms with van der Waals surface area (Å²) in [7, 11) is 1.44. The van der Waals surface area contributed by atoms with Gasteiger partial charge in [0.25, 0.3) is 0 Å². The average Bonchev–Trinajstić information content (AvgIpc) is 2.83. The van der Waals surface area contributed by atoms with E-state index in [2.05, 4.69) is 35.5 Å². The van der Waals surface area contributed by atoms with E-state index in [0.717, 1.165) is 51.0 Å². The first kappa shape index (κ1) is 23.1. The van der Waals surface area contributed by atoms with Crippen molar-refractivity contribution in [3.63, 3.8) is 0 Å². The van der Waals surface area contributed by atoms with Crippen molar-refractivity contribution in [2.45, 2.75) is 25.7 Å². The number of rotatable bonds is 9. The number of esters is 1. The number of ether oxygens (including phenoxy) is 1. The van der Waals surface area contributed by atoms with E-state index in [1.807, 2.05) is 24.3 Å². The lowest BCUT2D eigenvalue weighted by atomic mass is 9.92. The highest BCUT2D eigenvalue weighted by atomic mass is 35.5. The van der Waals surface area contributed by atoms with Gasteiger partial charge in [0.1, 0.15) is 17.4 Å². The number of hydrogen-bond donors (Lipinski definition) is 2. The van der Waals surface area contributed by atoms with Gasteiger partial charge in [-0.15, -0.1) is 0 Å². The lowest BCUT2D eigenvalue weighted by Crippen LogP contribution is -2.37. The molecule has 0 spiro atoms. The maximum absolute atomic E-state index is 11.4. The summed E-state index contributed by atoms with van der Waals surface area (Å²) in [5, 5.41) is 7.22. The lowest BCUT2D eigenvalue weighted by Gasteiger charge is -2.31. The van der Waals surface area contributed by atoms with Crippen molar-refractivity contribution in [2.75, 3.05) is 43.9 Å². The first-order valence-corrected chi connectivity index (χ1v) is 11.5. The van der Waals surface area contributed by atoms with Crippen LogP contribution < -0.4 is 10.6 Å². The number of carbonyl (C=O) groups is 1. The number of likely N-dealkylation sites (tertiary alicyclic amines) is 1. The Morgan fingerprint density at radius 2 is 2.09 bits per heavy atom. The Hall–Kier alpha value is -3.04. The zero-order chi connectivity index (χ0) is 23.0. The minimum atomic E-state index is -0.163. The van der Waals surface area contributed by atoms with E-state index in [0.29, 0.717) is 40.3 Å². The lowest BCUT2D eigenvalue weighted by molar-refractivity contribution is -0.142. The third-order valence-corrected chi connectivity index (χ3v) is 6.06. The first-order valence-electron chi connectivity index (χ1n) is 11.1. The van der Waals surface area contributed by atoms with Gasteiger partial charge in [0.2, 0.25) is 5.95 Å². The maximum Gasteiger partial charge on any atom is 0.319 e. The molecule has 174 valence electrons. The maximum atomic E-state index is 11.4. The number of methoxy groups -OCH3 is 1. The van der Waals surface area contributed by atoms with E-state index in [1.165, 1.54) is 13.4 Å². The molecule has 2 N–H and O–H groups in total. The van der Waals surface area contributed by atoms with Crippen LogP contribution in [0.15, 0.2) is 36.8 Å². The number of carbonyl (C=O) groups excluding carboxylic acids is 1. The Labute approximate surface area is 197 Å². The van der Waals surface area contributed by atoms with E-state index in [4.69, 9.17) is 16.3 Å². The number of halogens is 1. The van der Waals surface area contributed by atoms with Crippen LogP contribution in [0.5, 0.6) is 0 Å². The Morgan fingerprint density at radius 3 is 2.88 bits per heavy atom. The third-order valence-electron chi connectivity index (χ3n) is 5.82. The van der Waals surface area contributed by atoms with Gasteiger partial charge in [-0.05, 0) is 62.9 Å². The molecule has 1 fully saturated rings. The third kappa shape index (κ3) is 6.49. The summed E-state index contributed by atoms with van der Waals surface area (Å²) in [4.78, 5) is 31.2. The normalized spacial score (nSPS) is 14.8. The summed E-state index contributed by atoms with van der Waals surface area (Å²) in [6, 6.07) is 7.44. The fraction of sp³-hybridized carbons (Fsp3) is 0.435. The number of fused-ring (bicyclic) bond motifs is 1. The van der Waals surface area contributed by atoms with Crippen molar-refractivity contribution in [3.8, 4) is 0 Å². The summed E-state index contributed by atoms with van der Waals surface area (Å²) < 4.78 is 4.75. The molecule has 0 saturated carbocycles. The number of aromatic nitrogens is 4. The number of nitrogens with zero attached hydrogens (tertiary/aromatic N) is 5. The topological polar surface area (TPSA) is 105 Å². The van der Waals surface area contributed by atoms with Crippen LogP contribution in [0.2, 0.25) is 5.02 Å². The zero-order valence-corrected chi connectivity index (χ0v) is 19.4. The van der Waals surface area contributed by atoms with Crippen molar-refractivity contribution in [2.24, 2.45) is 5.92 Å². The Kier molecular flexibility index (Phi) is 7.85. The molecule has 33 heavy (non-hydrogen) atoms. The highest BCUT2D eigenvalue weighted by molar-refractivity contribution is 6.30. The molecule has 1 saturated heterocycles. The van der Waals surface area contributed by atoms with Crippen LogP contribution in [0.3, 0.4) is 0 Å². The van der Waals surface area contributed by atoms with Gasteiger partial charge in [-0.3, -0.25) is 9.69 Å². The average molecular weight is 470 g/mol. The summed E-state index contributed by atoms with van der Waals surface area (Å²) in [6.45, 7) is 3.08. The van der Waals surface area contributed by atoms with Gasteiger partial charge < -0.3 is 15.4 Å². The SMILES string of the molecule is COC(=O)CN1CCC(CCCNc2ncc3ncnc(Nc4cccc(Cl)c4)c3n2)CC1. The minimum Gasteiger partial charge on any atom is -0.468 e. The summed E-state index contributed by atoms with van der Waals surface area (Å²) in [5.74, 6) is 1.68. The number of piperidine rings is 1. The molecule has 0 radical (unpaired) electrons. The van der Waals surface area contributed by atoms with E-state index in [1.54, 1.807) is 6.20 Å². The quantitative estimate of drug-likeness (QED) is 0.356. The molecule has 1 aromatic carbocycles. The summed E-state index contributed by atoms with van der Waals surface area (Å²) in [5.41, 5.74) is 2.14. The Morgan fingerprint density at radius 1 is 1.24 bits per heavy atom. The largest absolute Gasteiger partial charge is 0.468 e. The van der Waals surface area contributed by atoms with Crippen molar-refractivity contribution in [1.29, 1.82) is 0 Å². The first-order chi connectivity index (χ1) is 16.1. The van der Waals surface area contributed by atoms with Gasteiger partial charge in [-0.2, -0.15) is 0 Å². The van der Waals surface area contributed by atoms with Crippen molar-refractivity contribution >= 4 is 46.1 Å². The Bertz CT molecular complexity index is 1090. The fourth-order valence-electron chi connectivity index (χ4n) is 4.01. The standard InChI is InChI=1S/C23H28ClN7O2/c1-33-20(32)14-31-10-7-16(8-11-31)4-3-9-25-23-26-13-19-21(30-23)22(28-15-27-19)29-18-6-2-5-17(24)12-18/h2,5-6,12-13,15-16H,3-4,7-11,14H2,1H3,(H,25,26,30)(H,27,28,29). The molecule has 1 aliphatic rings. The van der Waals surface area contributed by atoms with Crippen LogP contribution in [0.25, 0.3) is 11.0 Å². The molecule has 2 aromatic heterocycles. The highest BCUT2D eigenvalue weighted by Crippen LogP contribution is 2.24. The van der Waals surface area contributed by atoms with E-state index >= 15 is 0 Å². The van der Waals surface area contributed by atoms with Crippen LogP contribution in [0, 0.1) is 5.92 Å². The molecule has 3 heterocycles. The van der Waals surface area contributed by atoms with Gasteiger partial charge in [0.05, 0.1) is 19.9 Å². The van der Waals surface area contributed by atoms with Crippen LogP contribution in [-0.2, 0) is 9.53 Å². The zero-order valence-electron chi connectivity index (χ0n) is 18.6. The van der Waals surface area contributed by atoms with Gasteiger partial charge in [0, 0.05) is 17.3 Å². The molecule has 4 rings (SSSR count). The highest BCUT2D eigenvalue weighted by Gasteiger charge is 2.20. The van der Waals surface area contributed by atoms with Crippen molar-refractivity contribution in [1.82, 2.24) is 24.8 Å². The molecule has 3 aromatic rings. The number of hydrogen-bond acceptors (Lipinski definition) is 9. The molecular weight excluding hydrogens is 442 g/mol. The molecule has 0 bridgehead atoms. The predicted octanol–water partition coefficient (Wildman–Crippen LogP) is 3.89. The van der Waals surface area contributed by atoms with Gasteiger partial charge in [0.15, 0.2) is 5.82 Å². The summed E-state index contributed by atoms with van der Waals surface area (Å²) >= 11 is 6.09. The second-order valence-corrected chi connectivity index (χ2v) is 8.59. The predicted molar refractivity (Wildman–Crippen MR) is 129 cm³/mol. The molecule has 10 heteroatoms. The van der Waals surface area contributed by atoms with Gasteiger partial charge in [-0.1, -0.05) is 17.7 Å². The van der Waals surface area contributed by atoms with Crippen LogP contribution in [-0.4, -0.2) is 64.1 Å². The van der Waals surface area contributed by atoms with E-state index in [-0.39, 0.29) is 5.97 Å². The number of benzene rings is 1. The molecule has 0 amide bonds. The van der Waals surface area contributed by atoms with Crippen molar-refractivity contribution < 1.29 is 9.53 Å². The van der Waals surface area contributed by atoms with Crippen molar-refractivity contribution in [3.05, 3.63) is 41.8 Å². The smallest absolute Gasteiger partial charge is 0.319 e. The molecule has 9 nitrogen and oxygen atoms in total. The monoisotopic (exact) mass is 469 g/mol. The van der Waals surface area contributed by atoms with Crippen LogP contribution in [0.1, 0.15) is 25.7 Å². The molecule has 0 aliphatic carbocycles.